The van der Waals surface area contributed by atoms with Crippen molar-refractivity contribution < 1.29 is 27.5 Å². The summed E-state index contributed by atoms with van der Waals surface area (Å²) < 4.78 is 37.4. The normalized spacial score (nSPS) is 14.1. The van der Waals surface area contributed by atoms with E-state index in [1.807, 2.05) is 0 Å². The molecule has 1 fully saturated rings. The number of anilines is 1. The van der Waals surface area contributed by atoms with Gasteiger partial charge in [-0.2, -0.15) is 0 Å². The summed E-state index contributed by atoms with van der Waals surface area (Å²) in [6.07, 6.45) is 0. The quantitative estimate of drug-likeness (QED) is 0.619. The molecule has 9 heteroatoms. The summed E-state index contributed by atoms with van der Waals surface area (Å²) in [5, 5.41) is 3.36. The van der Waals surface area contributed by atoms with Crippen LogP contribution in [0.1, 0.15) is 10.6 Å². The fourth-order valence-corrected chi connectivity index (χ4v) is 3.84. The van der Waals surface area contributed by atoms with Gasteiger partial charge in [-0.3, -0.25) is 9.59 Å². The van der Waals surface area contributed by atoms with Crippen molar-refractivity contribution in [2.75, 3.05) is 37.4 Å². The molecule has 0 bridgehead atoms. The number of hydrogen-bond acceptors (Lipinski definition) is 5. The molecule has 1 aromatic heterocycles. The van der Waals surface area contributed by atoms with Crippen molar-refractivity contribution in [3.8, 4) is 0 Å². The van der Waals surface area contributed by atoms with Gasteiger partial charge in [-0.05, 0) is 30.3 Å². The Morgan fingerprint density at radius 3 is 2.60 bits per heavy atom. The summed E-state index contributed by atoms with van der Waals surface area (Å²) in [5.41, 5.74) is 0.788. The Bertz CT molecular complexity index is 1100. The smallest absolute Gasteiger partial charge is 0.291 e. The molecular weight excluding hydrogens is 414 g/mol. The zero-order valence-corrected chi connectivity index (χ0v) is 16.6. The van der Waals surface area contributed by atoms with E-state index < -0.39 is 17.5 Å². The average molecular weight is 432 g/mol. The number of para-hydroxylation sites is 1. The summed E-state index contributed by atoms with van der Waals surface area (Å²) in [4.78, 5) is 27.5. The molecule has 2 aromatic carbocycles. The van der Waals surface area contributed by atoms with E-state index in [1.165, 1.54) is 6.07 Å². The van der Waals surface area contributed by atoms with Crippen molar-refractivity contribution >= 4 is 40.2 Å². The minimum absolute atomic E-state index is 0.0459. The molecule has 1 aliphatic heterocycles. The Balaban J connectivity index is 1.54. The van der Waals surface area contributed by atoms with Crippen molar-refractivity contribution in [1.29, 1.82) is 0 Å². The van der Waals surface area contributed by atoms with Crippen LogP contribution in [0.2, 0.25) is 0 Å². The second-order valence-corrected chi connectivity index (χ2v) is 7.67. The first kappa shape index (κ1) is 20.4. The number of halogens is 2. The maximum Gasteiger partial charge on any atom is 0.291 e. The van der Waals surface area contributed by atoms with Gasteiger partial charge in [0, 0.05) is 23.4 Å². The first-order valence-electron chi connectivity index (χ1n) is 9.29. The fourth-order valence-electron chi connectivity index (χ4n) is 3.12. The van der Waals surface area contributed by atoms with E-state index in [1.54, 1.807) is 29.2 Å². The third-order valence-electron chi connectivity index (χ3n) is 4.61. The van der Waals surface area contributed by atoms with Gasteiger partial charge in [-0.1, -0.05) is 12.1 Å². The molecule has 0 saturated carbocycles. The standard InChI is InChI=1S/C21H18F2N2O4S/c22-15-6-5-13(11-16(15)23)30-12-18(26)24-19-14-3-1-2-4-17(14)29-20(19)21(27)25-7-9-28-10-8-25/h1-6,11H,7-10,12H2,(H,24,26). The van der Waals surface area contributed by atoms with Crippen molar-refractivity contribution in [3.63, 3.8) is 0 Å². The van der Waals surface area contributed by atoms with E-state index in [2.05, 4.69) is 5.32 Å². The third kappa shape index (κ3) is 4.31. The maximum absolute atomic E-state index is 13.3. The SMILES string of the molecule is O=C(CSc1ccc(F)c(F)c1)Nc1c(C(=O)N2CCOCC2)oc2ccccc12. The topological polar surface area (TPSA) is 71.8 Å². The van der Waals surface area contributed by atoms with Crippen molar-refractivity contribution in [1.82, 2.24) is 4.90 Å². The van der Waals surface area contributed by atoms with Crippen LogP contribution in [0.5, 0.6) is 0 Å². The lowest BCUT2D eigenvalue weighted by Gasteiger charge is -2.26. The van der Waals surface area contributed by atoms with Crippen LogP contribution >= 0.6 is 11.8 Å². The predicted molar refractivity (Wildman–Crippen MR) is 109 cm³/mol. The first-order valence-corrected chi connectivity index (χ1v) is 10.3. The number of rotatable bonds is 5. The summed E-state index contributed by atoms with van der Waals surface area (Å²) >= 11 is 1.06. The van der Waals surface area contributed by atoms with E-state index in [-0.39, 0.29) is 17.4 Å². The number of nitrogens with zero attached hydrogens (tertiary/aromatic N) is 1. The number of furan rings is 1. The number of fused-ring (bicyclic) bond motifs is 1. The molecule has 2 heterocycles. The largest absolute Gasteiger partial charge is 0.449 e. The van der Waals surface area contributed by atoms with Gasteiger partial charge in [0.2, 0.25) is 11.7 Å². The average Bonchev–Trinajstić information content (AvgIpc) is 3.13. The fraction of sp³-hybridized carbons (Fsp3) is 0.238. The number of morpholine rings is 1. The molecule has 2 amide bonds. The molecule has 0 atom stereocenters. The minimum atomic E-state index is -0.973. The van der Waals surface area contributed by atoms with Gasteiger partial charge in [-0.15, -0.1) is 11.8 Å². The molecule has 1 aliphatic rings. The van der Waals surface area contributed by atoms with Gasteiger partial charge in [0.25, 0.3) is 5.91 Å². The first-order chi connectivity index (χ1) is 14.5. The third-order valence-corrected chi connectivity index (χ3v) is 5.61. The van der Waals surface area contributed by atoms with Crippen LogP contribution < -0.4 is 5.32 Å². The highest BCUT2D eigenvalue weighted by molar-refractivity contribution is 8.00. The maximum atomic E-state index is 13.3. The molecule has 6 nitrogen and oxygen atoms in total. The lowest BCUT2D eigenvalue weighted by atomic mass is 10.2. The zero-order chi connectivity index (χ0) is 21.1. The molecule has 1 saturated heterocycles. The summed E-state index contributed by atoms with van der Waals surface area (Å²) in [7, 11) is 0. The van der Waals surface area contributed by atoms with Gasteiger partial charge in [0.15, 0.2) is 11.6 Å². The van der Waals surface area contributed by atoms with Crippen molar-refractivity contribution in [2.45, 2.75) is 4.90 Å². The molecule has 0 spiro atoms. The van der Waals surface area contributed by atoms with Crippen LogP contribution in [0.25, 0.3) is 11.0 Å². The van der Waals surface area contributed by atoms with Crippen LogP contribution in [-0.2, 0) is 9.53 Å². The summed E-state index contributed by atoms with van der Waals surface area (Å²) in [6.45, 7) is 1.77. The summed E-state index contributed by atoms with van der Waals surface area (Å²) in [6, 6.07) is 10.5. The number of nitrogens with one attached hydrogen (secondary N) is 1. The predicted octanol–water partition coefficient (Wildman–Crippen LogP) is 3.91. The van der Waals surface area contributed by atoms with Crippen molar-refractivity contribution in [3.05, 3.63) is 59.9 Å². The zero-order valence-electron chi connectivity index (χ0n) is 15.8. The Kier molecular flexibility index (Phi) is 6.01. The number of ether oxygens (including phenoxy) is 1. The van der Waals surface area contributed by atoms with E-state index in [4.69, 9.17) is 9.15 Å². The monoisotopic (exact) mass is 432 g/mol. The molecule has 0 unspecified atom stereocenters. The second-order valence-electron chi connectivity index (χ2n) is 6.62. The van der Waals surface area contributed by atoms with Crippen molar-refractivity contribution in [2.24, 2.45) is 0 Å². The Morgan fingerprint density at radius 2 is 1.83 bits per heavy atom. The number of carbonyl (C=O) groups excluding carboxylic acids is 2. The van der Waals surface area contributed by atoms with E-state index in [9.17, 15) is 18.4 Å². The second kappa shape index (κ2) is 8.85. The lowest BCUT2D eigenvalue weighted by molar-refractivity contribution is -0.113. The molecular formula is C21H18F2N2O4S. The van der Waals surface area contributed by atoms with Crippen LogP contribution in [-0.4, -0.2) is 48.8 Å². The molecule has 30 heavy (non-hydrogen) atoms. The Hall–Kier alpha value is -2.91. The number of carbonyl (C=O) groups is 2. The molecule has 0 radical (unpaired) electrons. The van der Waals surface area contributed by atoms with E-state index in [0.717, 1.165) is 23.9 Å². The minimum Gasteiger partial charge on any atom is -0.449 e. The molecule has 1 N–H and O–H groups in total. The van der Waals surface area contributed by atoms with Crippen LogP contribution in [0.15, 0.2) is 51.8 Å². The highest BCUT2D eigenvalue weighted by Crippen LogP contribution is 2.32. The molecule has 0 aliphatic carbocycles. The highest BCUT2D eigenvalue weighted by atomic mass is 32.2. The highest BCUT2D eigenvalue weighted by Gasteiger charge is 2.27. The van der Waals surface area contributed by atoms with Crippen LogP contribution in [0.4, 0.5) is 14.5 Å². The van der Waals surface area contributed by atoms with E-state index >= 15 is 0 Å². The van der Waals surface area contributed by atoms with Gasteiger partial charge in [0.05, 0.1) is 19.0 Å². The van der Waals surface area contributed by atoms with Gasteiger partial charge in [0.1, 0.15) is 11.3 Å². The van der Waals surface area contributed by atoms with Gasteiger partial charge < -0.3 is 19.4 Å². The summed E-state index contributed by atoms with van der Waals surface area (Å²) in [5.74, 6) is -2.62. The molecule has 156 valence electrons. The Labute approximate surface area is 175 Å². The van der Waals surface area contributed by atoms with E-state index in [0.29, 0.717) is 47.9 Å². The number of benzene rings is 2. The molecule has 4 rings (SSSR count). The van der Waals surface area contributed by atoms with Gasteiger partial charge in [-0.25, -0.2) is 8.78 Å². The van der Waals surface area contributed by atoms with Gasteiger partial charge >= 0.3 is 0 Å². The number of amides is 2. The van der Waals surface area contributed by atoms with Crippen LogP contribution in [0, 0.1) is 11.6 Å². The number of hydrogen-bond donors (Lipinski definition) is 1. The molecule has 3 aromatic rings. The Morgan fingerprint density at radius 1 is 1.07 bits per heavy atom. The number of thioether (sulfide) groups is 1. The van der Waals surface area contributed by atoms with Crippen LogP contribution in [0.3, 0.4) is 0 Å². The lowest BCUT2D eigenvalue weighted by Crippen LogP contribution is -2.40.